The van der Waals surface area contributed by atoms with E-state index in [1.165, 1.54) is 12.3 Å². The summed E-state index contributed by atoms with van der Waals surface area (Å²) in [5.41, 5.74) is 2.48. The first-order valence-electron chi connectivity index (χ1n) is 11.9. The van der Waals surface area contributed by atoms with Gasteiger partial charge in [0, 0.05) is 24.0 Å². The van der Waals surface area contributed by atoms with Crippen LogP contribution in [0.2, 0.25) is 0 Å². The lowest BCUT2D eigenvalue weighted by Crippen LogP contribution is -2.27. The minimum absolute atomic E-state index is 0.0724. The van der Waals surface area contributed by atoms with E-state index in [0.29, 0.717) is 28.2 Å². The lowest BCUT2D eigenvalue weighted by atomic mass is 10.0. The summed E-state index contributed by atoms with van der Waals surface area (Å²) in [7, 11) is 3.48. The molecule has 0 aliphatic carbocycles. The summed E-state index contributed by atoms with van der Waals surface area (Å²) in [4.78, 5) is 31.9. The number of imidazole rings is 1. The van der Waals surface area contributed by atoms with E-state index in [1.807, 2.05) is 19.1 Å². The molecule has 4 rings (SSSR count). The fourth-order valence-corrected chi connectivity index (χ4v) is 4.14. The zero-order valence-electron chi connectivity index (χ0n) is 21.4. The van der Waals surface area contributed by atoms with Gasteiger partial charge in [0.25, 0.3) is 11.8 Å². The van der Waals surface area contributed by atoms with Crippen LogP contribution in [0.25, 0.3) is 5.65 Å². The summed E-state index contributed by atoms with van der Waals surface area (Å²) in [5.74, 6) is -0.974. The molecule has 0 fully saturated rings. The minimum Gasteiger partial charge on any atom is -0.346 e. The number of nitrogens with one attached hydrogen (secondary N) is 2. The predicted molar refractivity (Wildman–Crippen MR) is 139 cm³/mol. The number of rotatable bonds is 7. The fraction of sp³-hybridized carbons (Fsp3) is 0.250. The molecule has 0 unspecified atom stereocenters. The van der Waals surface area contributed by atoms with Crippen LogP contribution < -0.4 is 10.6 Å². The zero-order chi connectivity index (χ0) is 27.6. The van der Waals surface area contributed by atoms with Crippen molar-refractivity contribution in [1.82, 2.24) is 19.6 Å². The maximum absolute atomic E-state index is 13.5. The summed E-state index contributed by atoms with van der Waals surface area (Å²) in [6.07, 6.45) is -1.34. The normalized spacial score (nSPS) is 12.5. The second kappa shape index (κ2) is 10.7. The van der Waals surface area contributed by atoms with Crippen LogP contribution in [-0.2, 0) is 12.7 Å². The van der Waals surface area contributed by atoms with Crippen LogP contribution in [0.5, 0.6) is 0 Å². The summed E-state index contributed by atoms with van der Waals surface area (Å²) in [6, 6.07) is 13.6. The Hall–Kier alpha value is -4.18. The number of hydrogen-bond acceptors (Lipinski definition) is 4. The Kier molecular flexibility index (Phi) is 7.54. The number of aryl methyl sites for hydroxylation is 1. The van der Waals surface area contributed by atoms with E-state index in [9.17, 15) is 22.8 Å². The van der Waals surface area contributed by atoms with Crippen LogP contribution >= 0.6 is 0 Å². The Morgan fingerprint density at radius 1 is 1.05 bits per heavy atom. The molecule has 7 nitrogen and oxygen atoms in total. The van der Waals surface area contributed by atoms with Gasteiger partial charge in [-0.2, -0.15) is 13.2 Å². The second-order valence-electron chi connectivity index (χ2n) is 9.45. The maximum atomic E-state index is 13.5. The number of pyridine rings is 1. The molecule has 0 saturated heterocycles. The van der Waals surface area contributed by atoms with Crippen molar-refractivity contribution in [2.24, 2.45) is 0 Å². The zero-order valence-corrected chi connectivity index (χ0v) is 21.4. The highest BCUT2D eigenvalue weighted by Gasteiger charge is 2.32. The standard InChI is InChI=1S/C28H28F3N5O2/c1-17-8-9-20(14-23(17)34-27(38)24-15-32-25-7-5-6-10-36(24)25)18(2)33-26(37)21-11-19(16-35(3)4)12-22(13-21)28(29,30)31/h5-15,18H,16H2,1-4H3,(H,33,37)(H,34,38)/t18-/m0/s1. The van der Waals surface area contributed by atoms with Gasteiger partial charge in [0.1, 0.15) is 11.3 Å². The van der Waals surface area contributed by atoms with E-state index < -0.39 is 23.7 Å². The molecule has 0 aliphatic rings. The molecule has 4 aromatic rings. The van der Waals surface area contributed by atoms with Crippen molar-refractivity contribution in [1.29, 1.82) is 0 Å². The average Bonchev–Trinajstić information content (AvgIpc) is 3.28. The number of anilines is 1. The Balaban J connectivity index is 1.54. The maximum Gasteiger partial charge on any atom is 0.416 e. The summed E-state index contributed by atoms with van der Waals surface area (Å²) in [5, 5.41) is 5.67. The summed E-state index contributed by atoms with van der Waals surface area (Å²) < 4.78 is 42.1. The van der Waals surface area contributed by atoms with Gasteiger partial charge in [-0.25, -0.2) is 4.98 Å². The SMILES string of the molecule is Cc1ccc([C@H](C)NC(=O)c2cc(CN(C)C)cc(C(F)(F)F)c2)cc1NC(=O)c1cnc2ccccn12. The van der Waals surface area contributed by atoms with Crippen LogP contribution in [0.3, 0.4) is 0 Å². The van der Waals surface area contributed by atoms with E-state index in [2.05, 4.69) is 15.6 Å². The molecule has 0 aliphatic heterocycles. The largest absolute Gasteiger partial charge is 0.416 e. The predicted octanol–water partition coefficient (Wildman–Crippen LogP) is 5.47. The van der Waals surface area contributed by atoms with Gasteiger partial charge >= 0.3 is 6.18 Å². The first-order valence-corrected chi connectivity index (χ1v) is 11.9. The number of alkyl halides is 3. The number of amides is 2. The Labute approximate surface area is 218 Å². The Bertz CT molecular complexity index is 1490. The molecule has 2 amide bonds. The smallest absolute Gasteiger partial charge is 0.346 e. The second-order valence-corrected chi connectivity index (χ2v) is 9.45. The van der Waals surface area contributed by atoms with E-state index >= 15 is 0 Å². The molecule has 1 atom stereocenters. The van der Waals surface area contributed by atoms with Crippen LogP contribution in [0.15, 0.2) is 67.0 Å². The number of fused-ring (bicyclic) bond motifs is 1. The molecule has 2 aromatic carbocycles. The molecule has 38 heavy (non-hydrogen) atoms. The van der Waals surface area contributed by atoms with E-state index in [-0.39, 0.29) is 18.0 Å². The number of nitrogens with zero attached hydrogens (tertiary/aromatic N) is 3. The third kappa shape index (κ3) is 6.03. The lowest BCUT2D eigenvalue weighted by Gasteiger charge is -2.19. The molecule has 10 heteroatoms. The van der Waals surface area contributed by atoms with E-state index in [0.717, 1.165) is 17.7 Å². The molecule has 0 bridgehead atoms. The van der Waals surface area contributed by atoms with E-state index in [4.69, 9.17) is 0 Å². The summed E-state index contributed by atoms with van der Waals surface area (Å²) in [6.45, 7) is 3.83. The number of benzene rings is 2. The van der Waals surface area contributed by atoms with Crippen LogP contribution in [-0.4, -0.2) is 40.2 Å². The van der Waals surface area contributed by atoms with Crippen molar-refractivity contribution in [3.63, 3.8) is 0 Å². The number of carbonyl (C=O) groups excluding carboxylic acids is 2. The van der Waals surface area contributed by atoms with Gasteiger partial charge in [0.15, 0.2) is 0 Å². The number of carbonyl (C=O) groups is 2. The van der Waals surface area contributed by atoms with Gasteiger partial charge in [-0.3, -0.25) is 14.0 Å². The highest BCUT2D eigenvalue weighted by atomic mass is 19.4. The molecule has 0 radical (unpaired) electrons. The molecular weight excluding hydrogens is 495 g/mol. The van der Waals surface area contributed by atoms with Gasteiger partial charge in [0.2, 0.25) is 0 Å². The highest BCUT2D eigenvalue weighted by Crippen LogP contribution is 2.31. The van der Waals surface area contributed by atoms with Gasteiger partial charge in [-0.05, 0) is 81.0 Å². The van der Waals surface area contributed by atoms with Crippen LogP contribution in [0.4, 0.5) is 18.9 Å². The van der Waals surface area contributed by atoms with Crippen molar-refractivity contribution >= 4 is 23.1 Å². The van der Waals surface area contributed by atoms with Crippen molar-refractivity contribution < 1.29 is 22.8 Å². The van der Waals surface area contributed by atoms with Crippen molar-refractivity contribution in [2.45, 2.75) is 32.6 Å². The van der Waals surface area contributed by atoms with Crippen LogP contribution in [0, 0.1) is 6.92 Å². The molecular formula is C28H28F3N5O2. The van der Waals surface area contributed by atoms with Gasteiger partial charge in [-0.1, -0.05) is 18.2 Å². The van der Waals surface area contributed by atoms with Gasteiger partial charge < -0.3 is 15.5 Å². The number of hydrogen-bond donors (Lipinski definition) is 2. The molecule has 0 saturated carbocycles. The molecule has 2 N–H and O–H groups in total. The first-order chi connectivity index (χ1) is 17.9. The molecule has 2 aromatic heterocycles. The van der Waals surface area contributed by atoms with Crippen molar-refractivity contribution in [2.75, 3.05) is 19.4 Å². The number of aromatic nitrogens is 2. The summed E-state index contributed by atoms with van der Waals surface area (Å²) >= 11 is 0. The third-order valence-electron chi connectivity index (χ3n) is 6.09. The average molecular weight is 524 g/mol. The van der Waals surface area contributed by atoms with Gasteiger partial charge in [-0.15, -0.1) is 0 Å². The quantitative estimate of drug-likeness (QED) is 0.337. The molecule has 198 valence electrons. The topological polar surface area (TPSA) is 78.7 Å². The first kappa shape index (κ1) is 26.9. The van der Waals surface area contributed by atoms with Crippen molar-refractivity contribution in [3.8, 4) is 0 Å². The highest BCUT2D eigenvalue weighted by molar-refractivity contribution is 6.04. The third-order valence-corrected chi connectivity index (χ3v) is 6.09. The van der Waals surface area contributed by atoms with E-state index in [1.54, 1.807) is 60.8 Å². The number of halogens is 3. The monoisotopic (exact) mass is 523 g/mol. The van der Waals surface area contributed by atoms with Crippen LogP contribution in [0.1, 0.15) is 56.1 Å². The molecule has 2 heterocycles. The minimum atomic E-state index is -4.58. The lowest BCUT2D eigenvalue weighted by molar-refractivity contribution is -0.137. The van der Waals surface area contributed by atoms with Crippen molar-refractivity contribution in [3.05, 3.63) is 101 Å². The molecule has 0 spiro atoms. The fourth-order valence-electron chi connectivity index (χ4n) is 4.14. The van der Waals surface area contributed by atoms with Gasteiger partial charge in [0.05, 0.1) is 17.8 Å². The Morgan fingerprint density at radius 3 is 2.53 bits per heavy atom. The Morgan fingerprint density at radius 2 is 1.82 bits per heavy atom.